The van der Waals surface area contributed by atoms with Crippen molar-refractivity contribution < 1.29 is 4.79 Å². The molecule has 8 heteroatoms. The fourth-order valence-corrected chi connectivity index (χ4v) is 2.47. The summed E-state index contributed by atoms with van der Waals surface area (Å²) >= 11 is 1.07. The number of rotatable bonds is 5. The standard InChI is InChI=1S/C14H17N5O2S/c1-9(11-6-4-3-5-7-11)16-12(20)8-22-14-18-17-10(2)13(21)19(14)15/h3-7,9H,8,15H2,1-2H3,(H,16,20)/t9-/m1/s1. The second-order valence-corrected chi connectivity index (χ2v) is 5.67. The van der Waals surface area contributed by atoms with Crippen LogP contribution in [0.4, 0.5) is 0 Å². The topological polar surface area (TPSA) is 103 Å². The average Bonchev–Trinajstić information content (AvgIpc) is 2.53. The van der Waals surface area contributed by atoms with Crippen LogP contribution in [-0.2, 0) is 4.79 Å². The van der Waals surface area contributed by atoms with Gasteiger partial charge < -0.3 is 11.2 Å². The van der Waals surface area contributed by atoms with Crippen LogP contribution in [0.3, 0.4) is 0 Å². The van der Waals surface area contributed by atoms with Gasteiger partial charge in [-0.15, -0.1) is 10.2 Å². The third-order valence-electron chi connectivity index (χ3n) is 3.03. The summed E-state index contributed by atoms with van der Waals surface area (Å²) in [6, 6.07) is 9.55. The van der Waals surface area contributed by atoms with Crippen molar-refractivity contribution in [1.29, 1.82) is 0 Å². The number of thioether (sulfide) groups is 1. The van der Waals surface area contributed by atoms with Gasteiger partial charge in [0.05, 0.1) is 11.8 Å². The summed E-state index contributed by atoms with van der Waals surface area (Å²) in [6.07, 6.45) is 0. The van der Waals surface area contributed by atoms with Crippen molar-refractivity contribution in [3.8, 4) is 0 Å². The first-order valence-corrected chi connectivity index (χ1v) is 7.66. The highest BCUT2D eigenvalue weighted by atomic mass is 32.2. The number of nitrogen functional groups attached to an aromatic ring is 1. The number of carbonyl (C=O) groups excluding carboxylic acids is 1. The van der Waals surface area contributed by atoms with E-state index < -0.39 is 5.56 Å². The summed E-state index contributed by atoms with van der Waals surface area (Å²) in [5, 5.41) is 10.6. The zero-order chi connectivity index (χ0) is 16.1. The zero-order valence-corrected chi connectivity index (χ0v) is 13.1. The van der Waals surface area contributed by atoms with E-state index in [1.165, 1.54) is 6.92 Å². The van der Waals surface area contributed by atoms with Gasteiger partial charge in [-0.25, -0.2) is 0 Å². The van der Waals surface area contributed by atoms with Gasteiger partial charge in [0.25, 0.3) is 5.56 Å². The lowest BCUT2D eigenvalue weighted by Crippen LogP contribution is -2.33. The molecule has 1 aromatic heterocycles. The molecule has 0 aliphatic carbocycles. The minimum atomic E-state index is -0.421. The van der Waals surface area contributed by atoms with Crippen LogP contribution in [0.2, 0.25) is 0 Å². The van der Waals surface area contributed by atoms with Crippen LogP contribution in [-0.4, -0.2) is 26.5 Å². The molecule has 0 saturated carbocycles. The van der Waals surface area contributed by atoms with Crippen LogP contribution < -0.4 is 16.7 Å². The number of amides is 1. The van der Waals surface area contributed by atoms with E-state index in [1.807, 2.05) is 37.3 Å². The first kappa shape index (κ1) is 16.0. The van der Waals surface area contributed by atoms with E-state index >= 15 is 0 Å². The highest BCUT2D eigenvalue weighted by molar-refractivity contribution is 7.99. The molecule has 0 bridgehead atoms. The fraction of sp³-hybridized carbons (Fsp3) is 0.286. The van der Waals surface area contributed by atoms with Crippen molar-refractivity contribution >= 4 is 17.7 Å². The Morgan fingerprint density at radius 1 is 1.36 bits per heavy atom. The lowest BCUT2D eigenvalue weighted by molar-refractivity contribution is -0.119. The maximum atomic E-state index is 12.0. The normalized spacial score (nSPS) is 11.9. The van der Waals surface area contributed by atoms with E-state index in [9.17, 15) is 9.59 Å². The monoisotopic (exact) mass is 319 g/mol. The highest BCUT2D eigenvalue weighted by Crippen LogP contribution is 2.14. The van der Waals surface area contributed by atoms with Gasteiger partial charge in [0, 0.05) is 0 Å². The molecule has 0 saturated heterocycles. The quantitative estimate of drug-likeness (QED) is 0.619. The van der Waals surface area contributed by atoms with Gasteiger partial charge >= 0.3 is 0 Å². The zero-order valence-electron chi connectivity index (χ0n) is 12.3. The molecule has 0 aliphatic rings. The molecule has 1 heterocycles. The molecule has 1 atom stereocenters. The van der Waals surface area contributed by atoms with Crippen LogP contribution in [0.1, 0.15) is 24.2 Å². The van der Waals surface area contributed by atoms with Gasteiger partial charge in [-0.3, -0.25) is 9.59 Å². The smallest absolute Gasteiger partial charge is 0.294 e. The molecule has 2 aromatic rings. The molecule has 3 N–H and O–H groups in total. The first-order valence-electron chi connectivity index (χ1n) is 6.67. The Morgan fingerprint density at radius 3 is 2.73 bits per heavy atom. The Hall–Kier alpha value is -2.35. The van der Waals surface area contributed by atoms with Crippen molar-refractivity contribution in [3.63, 3.8) is 0 Å². The molecule has 22 heavy (non-hydrogen) atoms. The fourth-order valence-electron chi connectivity index (χ4n) is 1.81. The van der Waals surface area contributed by atoms with Gasteiger partial charge in [0.2, 0.25) is 11.1 Å². The number of nitrogens with zero attached hydrogens (tertiary/aromatic N) is 3. The van der Waals surface area contributed by atoms with Crippen LogP contribution in [0.5, 0.6) is 0 Å². The van der Waals surface area contributed by atoms with E-state index in [0.717, 1.165) is 22.0 Å². The van der Waals surface area contributed by atoms with E-state index in [0.29, 0.717) is 0 Å². The largest absolute Gasteiger partial charge is 0.349 e. The molecule has 1 amide bonds. The highest BCUT2D eigenvalue weighted by Gasteiger charge is 2.12. The van der Waals surface area contributed by atoms with Crippen LogP contribution >= 0.6 is 11.8 Å². The average molecular weight is 319 g/mol. The van der Waals surface area contributed by atoms with E-state index in [4.69, 9.17) is 5.84 Å². The summed E-state index contributed by atoms with van der Waals surface area (Å²) in [7, 11) is 0. The predicted octanol–water partition coefficient (Wildman–Crippen LogP) is 0.630. The molecule has 0 spiro atoms. The molecule has 1 aromatic carbocycles. The molecule has 116 valence electrons. The summed E-state index contributed by atoms with van der Waals surface area (Å²) < 4.78 is 0.904. The first-order chi connectivity index (χ1) is 10.5. The maximum Gasteiger partial charge on any atom is 0.294 e. The number of benzene rings is 1. The van der Waals surface area contributed by atoms with E-state index in [-0.39, 0.29) is 28.6 Å². The molecule has 0 radical (unpaired) electrons. The van der Waals surface area contributed by atoms with Crippen LogP contribution in [0.15, 0.2) is 40.3 Å². The van der Waals surface area contributed by atoms with Crippen molar-refractivity contribution in [1.82, 2.24) is 20.2 Å². The SMILES string of the molecule is Cc1nnc(SCC(=O)N[C@H](C)c2ccccc2)n(N)c1=O. The Balaban J connectivity index is 1.94. The van der Waals surface area contributed by atoms with Gasteiger partial charge in [-0.05, 0) is 19.4 Å². The molecular formula is C14H17N5O2S. The number of nitrogens with two attached hydrogens (primary N) is 1. The Labute approximate surface area is 131 Å². The number of carbonyl (C=O) groups is 1. The maximum absolute atomic E-state index is 12.0. The van der Waals surface area contributed by atoms with E-state index in [1.54, 1.807) is 0 Å². The Bertz CT molecular complexity index is 717. The van der Waals surface area contributed by atoms with Crippen molar-refractivity contribution in [3.05, 3.63) is 51.9 Å². The molecule has 0 unspecified atom stereocenters. The van der Waals surface area contributed by atoms with Gasteiger partial charge in [-0.2, -0.15) is 4.68 Å². The van der Waals surface area contributed by atoms with Gasteiger partial charge in [0.1, 0.15) is 5.69 Å². The molecule has 7 nitrogen and oxygen atoms in total. The summed E-state index contributed by atoms with van der Waals surface area (Å²) in [5.74, 6) is 5.54. The second-order valence-electron chi connectivity index (χ2n) is 4.73. The van der Waals surface area contributed by atoms with Crippen LogP contribution in [0.25, 0.3) is 0 Å². The molecular weight excluding hydrogens is 302 g/mol. The van der Waals surface area contributed by atoms with Crippen LogP contribution in [0, 0.1) is 6.92 Å². The minimum absolute atomic E-state index is 0.0986. The molecule has 0 fully saturated rings. The number of aromatic nitrogens is 3. The molecule has 0 aliphatic heterocycles. The molecule has 2 rings (SSSR count). The van der Waals surface area contributed by atoms with Gasteiger partial charge in [0.15, 0.2) is 0 Å². The van der Waals surface area contributed by atoms with Gasteiger partial charge in [-0.1, -0.05) is 42.1 Å². The van der Waals surface area contributed by atoms with E-state index in [2.05, 4.69) is 15.5 Å². The summed E-state index contributed by atoms with van der Waals surface area (Å²) in [4.78, 5) is 23.6. The number of aryl methyl sites for hydroxylation is 1. The second kappa shape index (κ2) is 7.08. The number of hydrogen-bond donors (Lipinski definition) is 2. The number of nitrogens with one attached hydrogen (secondary N) is 1. The Morgan fingerprint density at radius 2 is 2.05 bits per heavy atom. The summed E-state index contributed by atoms with van der Waals surface area (Å²) in [6.45, 7) is 3.43. The third kappa shape index (κ3) is 3.85. The third-order valence-corrected chi connectivity index (χ3v) is 3.97. The Kier molecular flexibility index (Phi) is 5.16. The lowest BCUT2D eigenvalue weighted by Gasteiger charge is -2.14. The predicted molar refractivity (Wildman–Crippen MR) is 84.9 cm³/mol. The van der Waals surface area contributed by atoms with Crippen molar-refractivity contribution in [2.24, 2.45) is 0 Å². The number of hydrogen-bond acceptors (Lipinski definition) is 6. The van der Waals surface area contributed by atoms with Crippen molar-refractivity contribution in [2.45, 2.75) is 25.0 Å². The summed E-state index contributed by atoms with van der Waals surface area (Å²) in [5.41, 5.74) is 0.816. The minimum Gasteiger partial charge on any atom is -0.349 e. The lowest BCUT2D eigenvalue weighted by atomic mass is 10.1. The van der Waals surface area contributed by atoms with Crippen molar-refractivity contribution in [2.75, 3.05) is 11.6 Å².